The number of nitrogens with zero attached hydrogens (tertiary/aromatic N) is 2. The van der Waals surface area contributed by atoms with E-state index in [2.05, 4.69) is 27.6 Å². The predicted molar refractivity (Wildman–Crippen MR) is 168 cm³/mol. The number of carbonyl (C=O) groups is 1. The van der Waals surface area contributed by atoms with Crippen LogP contribution >= 0.6 is 45.5 Å². The normalized spacial score (nSPS) is 14.9. The number of benzene rings is 3. The number of esters is 1. The second-order valence-corrected chi connectivity index (χ2v) is 11.8. The highest BCUT2D eigenvalue weighted by atomic mass is 127. The van der Waals surface area contributed by atoms with Crippen molar-refractivity contribution in [3.8, 4) is 11.5 Å². The van der Waals surface area contributed by atoms with E-state index in [1.54, 1.807) is 39.2 Å². The van der Waals surface area contributed by atoms with Crippen LogP contribution in [-0.2, 0) is 16.1 Å². The van der Waals surface area contributed by atoms with Gasteiger partial charge in [0.15, 0.2) is 16.3 Å². The molecular formula is C31H26ClIN2O5S. The molecule has 210 valence electrons. The maximum absolute atomic E-state index is 14.1. The van der Waals surface area contributed by atoms with Crippen molar-refractivity contribution in [2.45, 2.75) is 26.5 Å². The lowest BCUT2D eigenvalue weighted by Crippen LogP contribution is -2.40. The maximum atomic E-state index is 14.1. The van der Waals surface area contributed by atoms with Crippen LogP contribution in [0.15, 0.2) is 87.8 Å². The van der Waals surface area contributed by atoms with Crippen LogP contribution in [0.2, 0.25) is 5.02 Å². The van der Waals surface area contributed by atoms with Gasteiger partial charge in [0.25, 0.3) is 5.56 Å². The van der Waals surface area contributed by atoms with Gasteiger partial charge in [0, 0.05) is 14.2 Å². The Kier molecular flexibility index (Phi) is 8.96. The maximum Gasteiger partial charge on any atom is 0.338 e. The number of hydrogen-bond donors (Lipinski definition) is 0. The average Bonchev–Trinajstić information content (AvgIpc) is 3.26. The number of methoxy groups -OCH3 is 1. The summed E-state index contributed by atoms with van der Waals surface area (Å²) in [6.07, 6.45) is 1.78. The molecule has 0 fully saturated rings. The third kappa shape index (κ3) is 5.98. The summed E-state index contributed by atoms with van der Waals surface area (Å²) in [5.41, 5.74) is 2.75. The van der Waals surface area contributed by atoms with E-state index in [1.165, 1.54) is 15.9 Å². The predicted octanol–water partition coefficient (Wildman–Crippen LogP) is 5.64. The highest BCUT2D eigenvalue weighted by Gasteiger charge is 2.34. The molecule has 0 saturated heterocycles. The fourth-order valence-electron chi connectivity index (χ4n) is 4.66. The second kappa shape index (κ2) is 12.6. The van der Waals surface area contributed by atoms with Crippen LogP contribution in [0.5, 0.6) is 11.5 Å². The Morgan fingerprint density at radius 1 is 1.15 bits per heavy atom. The van der Waals surface area contributed by atoms with E-state index in [-0.39, 0.29) is 17.7 Å². The Labute approximate surface area is 259 Å². The van der Waals surface area contributed by atoms with Crippen molar-refractivity contribution in [1.29, 1.82) is 0 Å². The Balaban J connectivity index is 1.69. The first-order valence-corrected chi connectivity index (χ1v) is 15.1. The van der Waals surface area contributed by atoms with Crippen LogP contribution in [0.1, 0.15) is 36.6 Å². The fourth-order valence-corrected chi connectivity index (χ4v) is 6.55. The lowest BCUT2D eigenvalue weighted by Gasteiger charge is -2.25. The first-order chi connectivity index (χ1) is 19.8. The molecule has 41 heavy (non-hydrogen) atoms. The van der Waals surface area contributed by atoms with Crippen molar-refractivity contribution in [2.24, 2.45) is 4.99 Å². The van der Waals surface area contributed by atoms with Crippen LogP contribution in [0.4, 0.5) is 0 Å². The van der Waals surface area contributed by atoms with Crippen molar-refractivity contribution in [3.63, 3.8) is 0 Å². The number of hydrogen-bond acceptors (Lipinski definition) is 7. The smallest absolute Gasteiger partial charge is 0.338 e. The van der Waals surface area contributed by atoms with Gasteiger partial charge in [-0.3, -0.25) is 9.36 Å². The zero-order chi connectivity index (χ0) is 29.1. The Morgan fingerprint density at radius 2 is 1.88 bits per heavy atom. The highest BCUT2D eigenvalue weighted by molar-refractivity contribution is 14.1. The summed E-state index contributed by atoms with van der Waals surface area (Å²) in [6, 6.07) is 20.0. The largest absolute Gasteiger partial charge is 0.493 e. The van der Waals surface area contributed by atoms with Crippen molar-refractivity contribution in [3.05, 3.63) is 123 Å². The average molecular weight is 701 g/mol. The van der Waals surface area contributed by atoms with Crippen molar-refractivity contribution in [1.82, 2.24) is 4.57 Å². The third-order valence-corrected chi connectivity index (χ3v) is 8.45. The molecule has 2 heterocycles. The number of halogens is 2. The lowest BCUT2D eigenvalue weighted by molar-refractivity contribution is -0.139. The zero-order valence-electron chi connectivity index (χ0n) is 22.5. The van der Waals surface area contributed by atoms with Gasteiger partial charge in [-0.25, -0.2) is 9.79 Å². The van der Waals surface area contributed by atoms with E-state index < -0.39 is 12.0 Å². The zero-order valence-corrected chi connectivity index (χ0v) is 26.2. The van der Waals surface area contributed by atoms with Crippen molar-refractivity contribution in [2.75, 3.05) is 13.7 Å². The van der Waals surface area contributed by atoms with Gasteiger partial charge in [-0.1, -0.05) is 71.5 Å². The molecule has 4 aromatic rings. The van der Waals surface area contributed by atoms with Gasteiger partial charge < -0.3 is 14.2 Å². The van der Waals surface area contributed by atoms with Crippen LogP contribution in [0.25, 0.3) is 6.08 Å². The van der Waals surface area contributed by atoms with Gasteiger partial charge in [0.1, 0.15) is 12.6 Å². The van der Waals surface area contributed by atoms with E-state index in [4.69, 9.17) is 25.8 Å². The molecule has 1 aliphatic rings. The van der Waals surface area contributed by atoms with Crippen molar-refractivity contribution < 1.29 is 19.0 Å². The number of carbonyl (C=O) groups excluding carboxylic acids is 1. The molecule has 0 spiro atoms. The molecule has 0 amide bonds. The molecule has 0 radical (unpaired) electrons. The molecule has 0 N–H and O–H groups in total. The monoisotopic (exact) mass is 700 g/mol. The highest BCUT2D eigenvalue weighted by Crippen LogP contribution is 2.36. The first kappa shape index (κ1) is 29.1. The van der Waals surface area contributed by atoms with Gasteiger partial charge in [0.2, 0.25) is 0 Å². The molecule has 1 aliphatic heterocycles. The molecule has 0 aliphatic carbocycles. The van der Waals surface area contributed by atoms with Crippen LogP contribution in [0.3, 0.4) is 0 Å². The number of ether oxygens (including phenoxy) is 3. The van der Waals surface area contributed by atoms with Crippen LogP contribution in [0, 0.1) is 3.57 Å². The van der Waals surface area contributed by atoms with E-state index in [0.29, 0.717) is 49.3 Å². The Morgan fingerprint density at radius 3 is 2.59 bits per heavy atom. The Hall–Kier alpha value is -3.41. The first-order valence-electron chi connectivity index (χ1n) is 12.8. The van der Waals surface area contributed by atoms with E-state index in [0.717, 1.165) is 9.13 Å². The second-order valence-electron chi connectivity index (χ2n) is 9.12. The molecular weight excluding hydrogens is 675 g/mol. The van der Waals surface area contributed by atoms with Crippen molar-refractivity contribution >= 4 is 57.6 Å². The number of allylic oxidation sites excluding steroid dienone is 1. The molecule has 7 nitrogen and oxygen atoms in total. The summed E-state index contributed by atoms with van der Waals surface area (Å²) in [6.45, 7) is 4.00. The SMILES string of the molecule is CCOC(=O)C1=C(C)N=c2s/c(=C\c3cc(I)cc(OC)c3OCc3ccccc3)c(=O)n2[C@H]1c1ccccc1Cl. The molecule has 5 rings (SSSR count). The van der Waals surface area contributed by atoms with Gasteiger partial charge in [-0.05, 0) is 71.8 Å². The summed E-state index contributed by atoms with van der Waals surface area (Å²) in [5.74, 6) is 0.543. The van der Waals surface area contributed by atoms with E-state index in [9.17, 15) is 9.59 Å². The Bertz CT molecular complexity index is 1830. The minimum atomic E-state index is -0.791. The van der Waals surface area contributed by atoms with E-state index in [1.807, 2.05) is 54.6 Å². The summed E-state index contributed by atoms with van der Waals surface area (Å²) in [5, 5.41) is 0.433. The van der Waals surface area contributed by atoms with Crippen LogP contribution < -0.4 is 24.4 Å². The fraction of sp³-hybridized carbons (Fsp3) is 0.194. The summed E-state index contributed by atoms with van der Waals surface area (Å²) < 4.78 is 20.1. The molecule has 3 aromatic carbocycles. The number of rotatable bonds is 8. The number of fused-ring (bicyclic) bond motifs is 1. The summed E-state index contributed by atoms with van der Waals surface area (Å²) in [7, 11) is 1.59. The quantitative estimate of drug-likeness (QED) is 0.176. The standard InChI is InChI=1S/C31H26ClIN2O5S/c1-4-39-30(37)26-18(2)34-31-35(27(26)22-12-8-9-13-23(22)32)29(36)25(41-31)15-20-14-21(33)16-24(38-3)28(20)40-17-19-10-6-5-7-11-19/h5-16,27H,4,17H2,1-3H3/b25-15-/t27-/m0/s1. The molecule has 0 bridgehead atoms. The molecule has 1 atom stereocenters. The minimum Gasteiger partial charge on any atom is -0.493 e. The van der Waals surface area contributed by atoms with Gasteiger partial charge >= 0.3 is 5.97 Å². The summed E-state index contributed by atoms with van der Waals surface area (Å²) in [4.78, 5) is 32.3. The third-order valence-electron chi connectivity index (χ3n) is 6.50. The molecule has 1 aromatic heterocycles. The molecule has 0 unspecified atom stereocenters. The van der Waals surface area contributed by atoms with Gasteiger partial charge in [-0.2, -0.15) is 0 Å². The topological polar surface area (TPSA) is 79.1 Å². The van der Waals surface area contributed by atoms with Gasteiger partial charge in [-0.15, -0.1) is 0 Å². The molecule has 0 saturated carbocycles. The van der Waals surface area contributed by atoms with Crippen LogP contribution in [-0.4, -0.2) is 24.3 Å². The number of aromatic nitrogens is 1. The number of thiazole rings is 1. The van der Waals surface area contributed by atoms with Gasteiger partial charge in [0.05, 0.1) is 29.5 Å². The molecule has 10 heteroatoms. The minimum absolute atomic E-state index is 0.190. The summed E-state index contributed by atoms with van der Waals surface area (Å²) >= 11 is 10.0. The van der Waals surface area contributed by atoms with E-state index >= 15 is 0 Å². The lowest BCUT2D eigenvalue weighted by atomic mass is 9.96.